The fourth-order valence-electron chi connectivity index (χ4n) is 3.76. The molecule has 1 aliphatic heterocycles. The number of fused-ring (bicyclic) bond motifs is 1. The van der Waals surface area contributed by atoms with Crippen LogP contribution < -0.4 is 0 Å². The van der Waals surface area contributed by atoms with Crippen LogP contribution in [-0.2, 0) is 18.3 Å². The summed E-state index contributed by atoms with van der Waals surface area (Å²) in [4.78, 5) is 18.9. The molecule has 26 heavy (non-hydrogen) atoms. The number of hydrogen-bond donors (Lipinski definition) is 0. The van der Waals surface area contributed by atoms with E-state index in [1.807, 2.05) is 24.1 Å². The molecule has 134 valence electrons. The molecule has 1 aliphatic rings. The number of piperidine rings is 1. The number of pyridine rings is 1. The van der Waals surface area contributed by atoms with Crippen molar-refractivity contribution < 1.29 is 9.18 Å². The standard InChI is InChI=1S/C20H21FN4O/c1-24-20-16(8-4-10-22-20)19(23-24)15-7-5-11-25(13-15)18(26)12-14-6-2-3-9-17(14)21/h2-4,6,8-10,15H,5,7,11-13H2,1H3/t15-/m0/s1. The average molecular weight is 352 g/mol. The number of carbonyl (C=O) groups excluding carboxylic acids is 1. The Bertz CT molecular complexity index is 952. The number of aromatic nitrogens is 3. The zero-order valence-electron chi connectivity index (χ0n) is 14.7. The highest BCUT2D eigenvalue weighted by molar-refractivity contribution is 5.80. The summed E-state index contributed by atoms with van der Waals surface area (Å²) in [5.74, 6) is -0.171. The summed E-state index contributed by atoms with van der Waals surface area (Å²) < 4.78 is 15.6. The molecule has 4 rings (SSSR count). The second-order valence-corrected chi connectivity index (χ2v) is 6.83. The van der Waals surface area contributed by atoms with Crippen molar-refractivity contribution in [3.05, 3.63) is 59.7 Å². The summed E-state index contributed by atoms with van der Waals surface area (Å²) >= 11 is 0. The fourth-order valence-corrected chi connectivity index (χ4v) is 3.76. The Balaban J connectivity index is 1.54. The number of carbonyl (C=O) groups is 1. The van der Waals surface area contributed by atoms with Gasteiger partial charge in [0.2, 0.25) is 5.91 Å². The van der Waals surface area contributed by atoms with Gasteiger partial charge in [-0.05, 0) is 36.6 Å². The smallest absolute Gasteiger partial charge is 0.227 e. The molecule has 2 aromatic heterocycles. The van der Waals surface area contributed by atoms with Crippen LogP contribution in [0.15, 0.2) is 42.6 Å². The van der Waals surface area contributed by atoms with E-state index in [2.05, 4.69) is 10.1 Å². The van der Waals surface area contributed by atoms with Crippen LogP contribution in [0.25, 0.3) is 11.0 Å². The molecule has 1 saturated heterocycles. The Morgan fingerprint density at radius 2 is 2.12 bits per heavy atom. The zero-order valence-corrected chi connectivity index (χ0v) is 14.7. The summed E-state index contributed by atoms with van der Waals surface area (Å²) in [5.41, 5.74) is 2.31. The average Bonchev–Trinajstić information content (AvgIpc) is 3.01. The van der Waals surface area contributed by atoms with Crippen molar-refractivity contribution in [3.63, 3.8) is 0 Å². The lowest BCUT2D eigenvalue weighted by atomic mass is 9.93. The van der Waals surface area contributed by atoms with Crippen LogP contribution >= 0.6 is 0 Å². The van der Waals surface area contributed by atoms with Gasteiger partial charge in [0.05, 0.1) is 12.1 Å². The number of nitrogens with zero attached hydrogens (tertiary/aromatic N) is 4. The number of benzene rings is 1. The molecule has 1 fully saturated rings. The zero-order chi connectivity index (χ0) is 18.1. The molecule has 3 heterocycles. The van der Waals surface area contributed by atoms with Crippen molar-refractivity contribution in [3.8, 4) is 0 Å². The molecule has 0 unspecified atom stereocenters. The van der Waals surface area contributed by atoms with Gasteiger partial charge in [-0.25, -0.2) is 9.37 Å². The Hall–Kier alpha value is -2.76. The number of likely N-dealkylation sites (tertiary alicyclic amines) is 1. The normalized spacial score (nSPS) is 17.6. The van der Waals surface area contributed by atoms with Crippen LogP contribution in [0.4, 0.5) is 4.39 Å². The van der Waals surface area contributed by atoms with Gasteiger partial charge >= 0.3 is 0 Å². The quantitative estimate of drug-likeness (QED) is 0.728. The van der Waals surface area contributed by atoms with Crippen molar-refractivity contribution in [2.75, 3.05) is 13.1 Å². The van der Waals surface area contributed by atoms with Crippen LogP contribution in [0.3, 0.4) is 0 Å². The van der Waals surface area contributed by atoms with Crippen LogP contribution in [0.2, 0.25) is 0 Å². The van der Waals surface area contributed by atoms with Gasteiger partial charge in [0.25, 0.3) is 0 Å². The number of halogens is 1. The first-order valence-electron chi connectivity index (χ1n) is 8.92. The predicted octanol–water partition coefficient (Wildman–Crippen LogP) is 3.06. The third-order valence-corrected chi connectivity index (χ3v) is 5.09. The molecular formula is C20H21FN4O. The number of rotatable bonds is 3. The maximum absolute atomic E-state index is 13.8. The minimum Gasteiger partial charge on any atom is -0.342 e. The van der Waals surface area contributed by atoms with Crippen molar-refractivity contribution in [2.45, 2.75) is 25.2 Å². The summed E-state index contributed by atoms with van der Waals surface area (Å²) in [5, 5.41) is 5.71. The van der Waals surface area contributed by atoms with Crippen LogP contribution in [0.1, 0.15) is 30.0 Å². The Kier molecular flexibility index (Phi) is 4.41. The Morgan fingerprint density at radius 3 is 2.96 bits per heavy atom. The lowest BCUT2D eigenvalue weighted by Gasteiger charge is -2.32. The molecule has 1 aromatic carbocycles. The molecule has 5 nitrogen and oxygen atoms in total. The number of amides is 1. The maximum atomic E-state index is 13.8. The Labute approximate surface area is 151 Å². The molecule has 1 amide bonds. The third kappa shape index (κ3) is 3.07. The minimum absolute atomic E-state index is 0.0295. The molecule has 0 N–H and O–H groups in total. The second kappa shape index (κ2) is 6.86. The van der Waals surface area contributed by atoms with E-state index in [9.17, 15) is 9.18 Å². The monoisotopic (exact) mass is 352 g/mol. The van der Waals surface area contributed by atoms with Crippen LogP contribution in [-0.4, -0.2) is 38.7 Å². The molecular weight excluding hydrogens is 331 g/mol. The molecule has 0 radical (unpaired) electrons. The van der Waals surface area contributed by atoms with Crippen molar-refractivity contribution in [2.24, 2.45) is 7.05 Å². The summed E-state index contributed by atoms with van der Waals surface area (Å²) in [6.45, 7) is 1.33. The van der Waals surface area contributed by atoms with Gasteiger partial charge in [-0.2, -0.15) is 5.10 Å². The van der Waals surface area contributed by atoms with Gasteiger partial charge in [0.15, 0.2) is 5.65 Å². The van der Waals surface area contributed by atoms with E-state index in [0.717, 1.165) is 29.6 Å². The molecule has 0 bridgehead atoms. The van der Waals surface area contributed by atoms with Crippen LogP contribution in [0, 0.1) is 5.82 Å². The van der Waals surface area contributed by atoms with Gasteiger partial charge < -0.3 is 4.90 Å². The number of hydrogen-bond acceptors (Lipinski definition) is 3. The third-order valence-electron chi connectivity index (χ3n) is 5.09. The van der Waals surface area contributed by atoms with Gasteiger partial charge in [0.1, 0.15) is 5.82 Å². The predicted molar refractivity (Wildman–Crippen MR) is 97.2 cm³/mol. The largest absolute Gasteiger partial charge is 0.342 e. The Morgan fingerprint density at radius 1 is 1.27 bits per heavy atom. The van der Waals surface area contributed by atoms with Gasteiger partial charge in [-0.15, -0.1) is 0 Å². The fraction of sp³-hybridized carbons (Fsp3) is 0.350. The van der Waals surface area contributed by atoms with E-state index in [4.69, 9.17) is 0 Å². The molecule has 0 saturated carbocycles. The first-order valence-corrected chi connectivity index (χ1v) is 8.92. The van der Waals surface area contributed by atoms with E-state index in [-0.39, 0.29) is 24.1 Å². The first kappa shape index (κ1) is 16.7. The van der Waals surface area contributed by atoms with E-state index in [1.165, 1.54) is 6.07 Å². The molecule has 0 aliphatic carbocycles. The lowest BCUT2D eigenvalue weighted by Crippen LogP contribution is -2.40. The number of aryl methyl sites for hydroxylation is 1. The van der Waals surface area contributed by atoms with E-state index >= 15 is 0 Å². The van der Waals surface area contributed by atoms with E-state index < -0.39 is 0 Å². The second-order valence-electron chi connectivity index (χ2n) is 6.83. The highest BCUT2D eigenvalue weighted by atomic mass is 19.1. The SMILES string of the molecule is Cn1nc([C@H]2CCCN(C(=O)Cc3ccccc3F)C2)c2cccnc21. The van der Waals surface area contributed by atoms with Gasteiger partial charge in [0, 0.05) is 37.6 Å². The summed E-state index contributed by atoms with van der Waals surface area (Å²) in [6.07, 6.45) is 3.78. The molecule has 0 spiro atoms. The highest BCUT2D eigenvalue weighted by Crippen LogP contribution is 2.31. The van der Waals surface area contributed by atoms with E-state index in [0.29, 0.717) is 18.7 Å². The van der Waals surface area contributed by atoms with Gasteiger partial charge in [-0.1, -0.05) is 18.2 Å². The highest BCUT2D eigenvalue weighted by Gasteiger charge is 2.28. The summed E-state index contributed by atoms with van der Waals surface area (Å²) in [7, 11) is 1.89. The summed E-state index contributed by atoms with van der Waals surface area (Å²) in [6, 6.07) is 10.4. The topological polar surface area (TPSA) is 51.0 Å². The van der Waals surface area contributed by atoms with Crippen molar-refractivity contribution >= 4 is 16.9 Å². The molecule has 1 atom stereocenters. The molecule has 6 heteroatoms. The van der Waals surface area contributed by atoms with Crippen molar-refractivity contribution in [1.29, 1.82) is 0 Å². The van der Waals surface area contributed by atoms with Crippen LogP contribution in [0.5, 0.6) is 0 Å². The lowest BCUT2D eigenvalue weighted by molar-refractivity contribution is -0.131. The minimum atomic E-state index is -0.323. The van der Waals surface area contributed by atoms with E-state index in [1.54, 1.807) is 29.1 Å². The van der Waals surface area contributed by atoms with Crippen molar-refractivity contribution in [1.82, 2.24) is 19.7 Å². The van der Waals surface area contributed by atoms with Gasteiger partial charge in [-0.3, -0.25) is 9.48 Å². The maximum Gasteiger partial charge on any atom is 0.227 e. The molecule has 3 aromatic rings. The first-order chi connectivity index (χ1) is 12.6.